The smallest absolute Gasteiger partial charge is 0.0851 e. The first-order valence-corrected chi connectivity index (χ1v) is 9.75. The minimum absolute atomic E-state index is 0.295. The fraction of sp³-hybridized carbons (Fsp3) is 0.700. The van der Waals surface area contributed by atoms with Gasteiger partial charge in [-0.2, -0.15) is 0 Å². The van der Waals surface area contributed by atoms with E-state index in [4.69, 9.17) is 30.4 Å². The lowest BCUT2D eigenvalue weighted by Crippen LogP contribution is -2.18. The quantitative estimate of drug-likeness (QED) is 0.513. The molecule has 0 bridgehead atoms. The first-order valence-electron chi connectivity index (χ1n) is 9.75. The van der Waals surface area contributed by atoms with Crippen LogP contribution in [0.1, 0.15) is 41.0 Å². The second kappa shape index (κ2) is 6.37. The standard InChI is InChI=1S/C20H28N2O4/c1-10-19(21)17(5-15-9-26-15)16(4-14-8-25-14)18(20(10)22)11(2-12-6-23-12)3-13-7-24-13/h11-15H,2-9,21-22H2,1H3. The molecule has 4 saturated heterocycles. The second-order valence-electron chi connectivity index (χ2n) is 8.22. The Bertz CT molecular complexity index is 692. The van der Waals surface area contributed by atoms with Gasteiger partial charge in [-0.15, -0.1) is 0 Å². The third-order valence-corrected chi connectivity index (χ3v) is 6.09. The highest BCUT2D eigenvalue weighted by molar-refractivity contribution is 5.73. The molecule has 0 aromatic heterocycles. The van der Waals surface area contributed by atoms with Crippen molar-refractivity contribution >= 4 is 11.4 Å². The van der Waals surface area contributed by atoms with E-state index < -0.39 is 0 Å². The first-order chi connectivity index (χ1) is 12.6. The van der Waals surface area contributed by atoms with Gasteiger partial charge in [-0.3, -0.25) is 0 Å². The van der Waals surface area contributed by atoms with Gasteiger partial charge in [0.05, 0.1) is 50.8 Å². The Morgan fingerprint density at radius 3 is 1.69 bits per heavy atom. The van der Waals surface area contributed by atoms with Gasteiger partial charge < -0.3 is 30.4 Å². The number of hydrogen-bond donors (Lipinski definition) is 2. The molecule has 0 radical (unpaired) electrons. The summed E-state index contributed by atoms with van der Waals surface area (Å²) in [6.45, 7) is 5.42. The van der Waals surface area contributed by atoms with Crippen LogP contribution in [0.15, 0.2) is 0 Å². The van der Waals surface area contributed by atoms with E-state index in [0.29, 0.717) is 30.3 Å². The molecule has 0 saturated carbocycles. The Kier molecular flexibility index (Phi) is 4.12. The summed E-state index contributed by atoms with van der Waals surface area (Å²) in [5, 5.41) is 0. The van der Waals surface area contributed by atoms with Gasteiger partial charge >= 0.3 is 0 Å². The van der Waals surface area contributed by atoms with Crippen molar-refractivity contribution < 1.29 is 18.9 Å². The number of benzene rings is 1. The van der Waals surface area contributed by atoms with Crippen molar-refractivity contribution in [2.24, 2.45) is 0 Å². The molecule has 0 amide bonds. The molecule has 4 N–H and O–H groups in total. The molecule has 0 spiro atoms. The first kappa shape index (κ1) is 16.8. The van der Waals surface area contributed by atoms with Gasteiger partial charge in [-0.25, -0.2) is 0 Å². The van der Waals surface area contributed by atoms with Crippen LogP contribution in [0.5, 0.6) is 0 Å². The highest BCUT2D eigenvalue weighted by Gasteiger charge is 2.38. The minimum Gasteiger partial charge on any atom is -0.398 e. The van der Waals surface area contributed by atoms with E-state index in [0.717, 1.165) is 69.0 Å². The van der Waals surface area contributed by atoms with Crippen LogP contribution in [0.2, 0.25) is 0 Å². The van der Waals surface area contributed by atoms with Crippen molar-refractivity contribution in [2.45, 2.75) is 62.9 Å². The van der Waals surface area contributed by atoms with Crippen LogP contribution in [-0.4, -0.2) is 50.8 Å². The third-order valence-electron chi connectivity index (χ3n) is 6.09. The highest BCUT2D eigenvalue weighted by atomic mass is 16.6. The number of epoxide rings is 4. The largest absolute Gasteiger partial charge is 0.398 e. The molecule has 4 unspecified atom stereocenters. The van der Waals surface area contributed by atoms with E-state index in [-0.39, 0.29) is 0 Å². The van der Waals surface area contributed by atoms with E-state index in [1.165, 1.54) is 16.7 Å². The molecule has 26 heavy (non-hydrogen) atoms. The zero-order valence-corrected chi connectivity index (χ0v) is 15.3. The molecule has 4 fully saturated rings. The maximum Gasteiger partial charge on any atom is 0.0851 e. The average Bonchev–Trinajstić information content (AvgIpc) is 3.45. The fourth-order valence-electron chi connectivity index (χ4n) is 4.20. The molecule has 1 aromatic rings. The van der Waals surface area contributed by atoms with Crippen LogP contribution < -0.4 is 11.5 Å². The molecule has 0 aliphatic carbocycles. The van der Waals surface area contributed by atoms with Gasteiger partial charge in [0.1, 0.15) is 0 Å². The summed E-state index contributed by atoms with van der Waals surface area (Å²) in [5.41, 5.74) is 19.7. The topological polar surface area (TPSA) is 102 Å². The monoisotopic (exact) mass is 360 g/mol. The summed E-state index contributed by atoms with van der Waals surface area (Å²) in [7, 11) is 0. The van der Waals surface area contributed by atoms with Gasteiger partial charge in [0.15, 0.2) is 0 Å². The molecule has 142 valence electrons. The third kappa shape index (κ3) is 3.56. The fourth-order valence-corrected chi connectivity index (χ4v) is 4.20. The van der Waals surface area contributed by atoms with Crippen molar-refractivity contribution in [1.29, 1.82) is 0 Å². The summed E-state index contributed by atoms with van der Waals surface area (Å²) in [5.74, 6) is 0.349. The predicted molar refractivity (Wildman–Crippen MR) is 98.3 cm³/mol. The van der Waals surface area contributed by atoms with Gasteiger partial charge in [-0.05, 0) is 47.9 Å². The van der Waals surface area contributed by atoms with Crippen molar-refractivity contribution in [2.75, 3.05) is 37.9 Å². The number of ether oxygens (including phenoxy) is 4. The molecule has 1 aromatic carbocycles. The van der Waals surface area contributed by atoms with Gasteiger partial charge in [0, 0.05) is 24.2 Å². The normalized spacial score (nSPS) is 32.3. The van der Waals surface area contributed by atoms with Crippen molar-refractivity contribution in [1.82, 2.24) is 0 Å². The summed E-state index contributed by atoms with van der Waals surface area (Å²) < 4.78 is 22.1. The molecule has 4 aliphatic rings. The molecule has 4 aliphatic heterocycles. The van der Waals surface area contributed by atoms with Gasteiger partial charge in [0.25, 0.3) is 0 Å². The maximum atomic E-state index is 6.66. The Hall–Kier alpha value is -1.34. The summed E-state index contributed by atoms with van der Waals surface area (Å²) in [6, 6.07) is 0. The van der Waals surface area contributed by atoms with E-state index >= 15 is 0 Å². The number of anilines is 2. The SMILES string of the molecule is Cc1c(N)c(CC2CO2)c(CC2CO2)c(C(CC2CO2)CC2CO2)c1N. The molecule has 6 heteroatoms. The number of nitrogen functional groups attached to an aromatic ring is 2. The predicted octanol–water partition coefficient (Wildman–Crippen LogP) is 1.70. The Balaban J connectivity index is 1.58. The van der Waals surface area contributed by atoms with Crippen LogP contribution in [0, 0.1) is 6.92 Å². The van der Waals surface area contributed by atoms with E-state index in [9.17, 15) is 0 Å². The zero-order valence-electron chi connectivity index (χ0n) is 15.3. The molecule has 5 rings (SSSR count). The lowest BCUT2D eigenvalue weighted by Gasteiger charge is -2.27. The van der Waals surface area contributed by atoms with Crippen LogP contribution in [0.4, 0.5) is 11.4 Å². The van der Waals surface area contributed by atoms with Crippen molar-refractivity contribution in [3.05, 3.63) is 22.3 Å². The molecular formula is C20H28N2O4. The highest BCUT2D eigenvalue weighted by Crippen LogP contribution is 2.44. The summed E-state index contributed by atoms with van der Waals surface area (Å²) in [6.07, 6.45) is 5.07. The summed E-state index contributed by atoms with van der Waals surface area (Å²) >= 11 is 0. The van der Waals surface area contributed by atoms with E-state index in [1.807, 2.05) is 6.92 Å². The minimum atomic E-state index is 0.295. The van der Waals surface area contributed by atoms with Gasteiger partial charge in [-0.1, -0.05) is 0 Å². The van der Waals surface area contributed by atoms with Crippen LogP contribution in [-0.2, 0) is 31.8 Å². The molecule has 6 nitrogen and oxygen atoms in total. The van der Waals surface area contributed by atoms with Crippen molar-refractivity contribution in [3.8, 4) is 0 Å². The Morgan fingerprint density at radius 2 is 1.23 bits per heavy atom. The van der Waals surface area contributed by atoms with Crippen LogP contribution in [0.25, 0.3) is 0 Å². The lowest BCUT2D eigenvalue weighted by atomic mass is 9.79. The summed E-state index contributed by atoms with van der Waals surface area (Å²) in [4.78, 5) is 0. The Labute approximate surface area is 154 Å². The second-order valence-corrected chi connectivity index (χ2v) is 8.22. The van der Waals surface area contributed by atoms with Crippen LogP contribution >= 0.6 is 0 Å². The van der Waals surface area contributed by atoms with Gasteiger partial charge in [0.2, 0.25) is 0 Å². The molecular weight excluding hydrogens is 332 g/mol. The number of hydrogen-bond acceptors (Lipinski definition) is 6. The lowest BCUT2D eigenvalue weighted by molar-refractivity contribution is 0.344. The molecule has 4 heterocycles. The molecule has 4 atom stereocenters. The Morgan fingerprint density at radius 1 is 0.769 bits per heavy atom. The number of nitrogens with two attached hydrogens (primary N) is 2. The van der Waals surface area contributed by atoms with Crippen LogP contribution in [0.3, 0.4) is 0 Å². The number of rotatable bonds is 9. The maximum absolute atomic E-state index is 6.66. The van der Waals surface area contributed by atoms with Crippen molar-refractivity contribution in [3.63, 3.8) is 0 Å². The average molecular weight is 360 g/mol. The van der Waals surface area contributed by atoms with E-state index in [2.05, 4.69) is 0 Å². The zero-order chi connectivity index (χ0) is 17.8. The van der Waals surface area contributed by atoms with E-state index in [1.54, 1.807) is 0 Å².